The lowest BCUT2D eigenvalue weighted by Crippen LogP contribution is -2.12. The summed E-state index contributed by atoms with van der Waals surface area (Å²) < 4.78 is 6.00. The SMILES string of the molecule is CC(C)(C)c1ccccc1Oc1ccc(CCC(=O)O)cc1. The Bertz CT molecular complexity index is 636. The van der Waals surface area contributed by atoms with E-state index in [4.69, 9.17) is 9.84 Å². The van der Waals surface area contributed by atoms with E-state index in [0.717, 1.165) is 22.6 Å². The largest absolute Gasteiger partial charge is 0.481 e. The number of benzene rings is 2. The Morgan fingerprint density at radius 2 is 1.68 bits per heavy atom. The highest BCUT2D eigenvalue weighted by atomic mass is 16.5. The third-order valence-electron chi connectivity index (χ3n) is 3.47. The fraction of sp³-hybridized carbons (Fsp3) is 0.316. The van der Waals surface area contributed by atoms with Gasteiger partial charge in [-0.2, -0.15) is 0 Å². The van der Waals surface area contributed by atoms with Gasteiger partial charge in [0.05, 0.1) is 0 Å². The number of para-hydroxylation sites is 1. The van der Waals surface area contributed by atoms with E-state index >= 15 is 0 Å². The quantitative estimate of drug-likeness (QED) is 0.863. The second kappa shape index (κ2) is 6.65. The van der Waals surface area contributed by atoms with E-state index in [0.29, 0.717) is 6.42 Å². The van der Waals surface area contributed by atoms with Gasteiger partial charge in [0.25, 0.3) is 0 Å². The molecule has 0 atom stereocenters. The number of carboxylic acids is 1. The molecule has 0 fully saturated rings. The van der Waals surface area contributed by atoms with Gasteiger partial charge in [0.2, 0.25) is 0 Å². The lowest BCUT2D eigenvalue weighted by Gasteiger charge is -2.22. The molecule has 116 valence electrons. The van der Waals surface area contributed by atoms with Crippen molar-refractivity contribution in [3.63, 3.8) is 0 Å². The summed E-state index contributed by atoms with van der Waals surface area (Å²) in [5.74, 6) is 0.837. The van der Waals surface area contributed by atoms with Gasteiger partial charge in [-0.25, -0.2) is 0 Å². The van der Waals surface area contributed by atoms with Crippen molar-refractivity contribution in [2.45, 2.75) is 39.0 Å². The molecule has 2 rings (SSSR count). The summed E-state index contributed by atoms with van der Waals surface area (Å²) in [6.45, 7) is 6.47. The lowest BCUT2D eigenvalue weighted by atomic mass is 9.86. The van der Waals surface area contributed by atoms with Crippen molar-refractivity contribution in [3.05, 3.63) is 59.7 Å². The minimum absolute atomic E-state index is 0.0119. The highest BCUT2D eigenvalue weighted by Gasteiger charge is 2.18. The van der Waals surface area contributed by atoms with Gasteiger partial charge in [-0.1, -0.05) is 51.1 Å². The molecule has 3 nitrogen and oxygen atoms in total. The molecule has 0 saturated carbocycles. The normalized spacial score (nSPS) is 11.2. The zero-order valence-corrected chi connectivity index (χ0v) is 13.3. The molecule has 2 aromatic rings. The summed E-state index contributed by atoms with van der Waals surface area (Å²) in [7, 11) is 0. The van der Waals surface area contributed by atoms with Crippen molar-refractivity contribution in [1.82, 2.24) is 0 Å². The van der Waals surface area contributed by atoms with E-state index < -0.39 is 5.97 Å². The molecule has 0 spiro atoms. The summed E-state index contributed by atoms with van der Waals surface area (Å²) in [4.78, 5) is 10.6. The lowest BCUT2D eigenvalue weighted by molar-refractivity contribution is -0.136. The van der Waals surface area contributed by atoms with Crippen LogP contribution in [0.1, 0.15) is 38.3 Å². The molecule has 0 bridgehead atoms. The van der Waals surface area contributed by atoms with E-state index in [1.165, 1.54) is 0 Å². The van der Waals surface area contributed by atoms with Crippen molar-refractivity contribution in [1.29, 1.82) is 0 Å². The molecule has 0 radical (unpaired) electrons. The van der Waals surface area contributed by atoms with Crippen LogP contribution in [0, 0.1) is 0 Å². The maximum absolute atomic E-state index is 10.6. The van der Waals surface area contributed by atoms with Crippen LogP contribution in [-0.2, 0) is 16.6 Å². The number of aryl methyl sites for hydroxylation is 1. The first-order chi connectivity index (χ1) is 10.4. The van der Waals surface area contributed by atoms with Crippen LogP contribution >= 0.6 is 0 Å². The predicted octanol–water partition coefficient (Wildman–Crippen LogP) is 4.79. The third kappa shape index (κ3) is 4.35. The Kier molecular flexibility index (Phi) is 4.86. The van der Waals surface area contributed by atoms with Crippen LogP contribution in [-0.4, -0.2) is 11.1 Å². The first-order valence-electron chi connectivity index (χ1n) is 7.44. The van der Waals surface area contributed by atoms with Crippen LogP contribution in [0.5, 0.6) is 11.5 Å². The molecule has 0 saturated heterocycles. The van der Waals surface area contributed by atoms with Crippen molar-refractivity contribution in [3.8, 4) is 11.5 Å². The van der Waals surface area contributed by atoms with E-state index in [9.17, 15) is 4.79 Å². The number of carboxylic acid groups (broad SMARTS) is 1. The van der Waals surface area contributed by atoms with Gasteiger partial charge < -0.3 is 9.84 Å². The number of hydrogen-bond donors (Lipinski definition) is 1. The number of aliphatic carboxylic acids is 1. The van der Waals surface area contributed by atoms with Crippen molar-refractivity contribution in [2.75, 3.05) is 0 Å². The molecule has 0 aliphatic rings. The van der Waals surface area contributed by atoms with E-state index in [1.807, 2.05) is 42.5 Å². The summed E-state index contributed by atoms with van der Waals surface area (Å²) in [5, 5.41) is 8.71. The molecular weight excluding hydrogens is 276 g/mol. The molecule has 3 heteroatoms. The van der Waals surface area contributed by atoms with Gasteiger partial charge in [0.1, 0.15) is 11.5 Å². The number of carbonyl (C=O) groups is 1. The predicted molar refractivity (Wildman–Crippen MR) is 87.6 cm³/mol. The average molecular weight is 298 g/mol. The van der Waals surface area contributed by atoms with Crippen LogP contribution in [0.4, 0.5) is 0 Å². The van der Waals surface area contributed by atoms with E-state index in [-0.39, 0.29) is 11.8 Å². The second-order valence-corrected chi connectivity index (χ2v) is 6.39. The maximum atomic E-state index is 10.6. The van der Waals surface area contributed by atoms with Gasteiger partial charge in [-0.05, 0) is 35.6 Å². The van der Waals surface area contributed by atoms with Crippen molar-refractivity contribution in [2.24, 2.45) is 0 Å². The average Bonchev–Trinajstić information content (AvgIpc) is 2.46. The fourth-order valence-corrected chi connectivity index (χ4v) is 2.28. The molecule has 0 unspecified atom stereocenters. The first kappa shape index (κ1) is 16.1. The molecule has 22 heavy (non-hydrogen) atoms. The molecular formula is C19H22O3. The van der Waals surface area contributed by atoms with E-state index in [2.05, 4.69) is 26.8 Å². The monoisotopic (exact) mass is 298 g/mol. The van der Waals surface area contributed by atoms with E-state index in [1.54, 1.807) is 0 Å². The number of hydrogen-bond acceptors (Lipinski definition) is 2. The Morgan fingerprint density at radius 1 is 1.05 bits per heavy atom. The number of rotatable bonds is 5. The van der Waals surface area contributed by atoms with Gasteiger partial charge >= 0.3 is 5.97 Å². The Labute approximate surface area is 131 Å². The van der Waals surface area contributed by atoms with Crippen LogP contribution in [0.3, 0.4) is 0 Å². The summed E-state index contributed by atoms with van der Waals surface area (Å²) >= 11 is 0. The van der Waals surface area contributed by atoms with Crippen molar-refractivity contribution >= 4 is 5.97 Å². The van der Waals surface area contributed by atoms with Crippen molar-refractivity contribution < 1.29 is 14.6 Å². The van der Waals surface area contributed by atoms with Crippen LogP contribution < -0.4 is 4.74 Å². The maximum Gasteiger partial charge on any atom is 0.303 e. The zero-order valence-electron chi connectivity index (χ0n) is 13.3. The van der Waals surface area contributed by atoms with Gasteiger partial charge in [0, 0.05) is 12.0 Å². The Balaban J connectivity index is 2.13. The third-order valence-corrected chi connectivity index (χ3v) is 3.47. The molecule has 0 aliphatic heterocycles. The van der Waals surface area contributed by atoms with Gasteiger partial charge in [0.15, 0.2) is 0 Å². The molecule has 1 N–H and O–H groups in total. The zero-order chi connectivity index (χ0) is 16.2. The van der Waals surface area contributed by atoms with Crippen LogP contribution in [0.15, 0.2) is 48.5 Å². The Hall–Kier alpha value is -2.29. The molecule has 0 aliphatic carbocycles. The standard InChI is InChI=1S/C19H22O3/c1-19(2,3)16-6-4-5-7-17(16)22-15-11-8-14(9-12-15)10-13-18(20)21/h4-9,11-12H,10,13H2,1-3H3,(H,20,21). The minimum atomic E-state index is -0.778. The smallest absolute Gasteiger partial charge is 0.303 e. The molecule has 0 heterocycles. The topological polar surface area (TPSA) is 46.5 Å². The van der Waals surface area contributed by atoms with Gasteiger partial charge in [-0.15, -0.1) is 0 Å². The molecule has 0 amide bonds. The molecule has 2 aromatic carbocycles. The summed E-state index contributed by atoms with van der Waals surface area (Å²) in [6, 6.07) is 15.6. The minimum Gasteiger partial charge on any atom is -0.481 e. The summed E-state index contributed by atoms with van der Waals surface area (Å²) in [5.41, 5.74) is 2.17. The summed E-state index contributed by atoms with van der Waals surface area (Å²) in [6.07, 6.45) is 0.682. The highest BCUT2D eigenvalue weighted by Crippen LogP contribution is 2.33. The Morgan fingerprint density at radius 3 is 2.27 bits per heavy atom. The first-order valence-corrected chi connectivity index (χ1v) is 7.44. The van der Waals surface area contributed by atoms with Crippen LogP contribution in [0.25, 0.3) is 0 Å². The second-order valence-electron chi connectivity index (χ2n) is 6.39. The van der Waals surface area contributed by atoms with Crippen LogP contribution in [0.2, 0.25) is 0 Å². The van der Waals surface area contributed by atoms with Gasteiger partial charge in [-0.3, -0.25) is 4.79 Å². The fourth-order valence-electron chi connectivity index (χ4n) is 2.28. The number of ether oxygens (including phenoxy) is 1. The highest BCUT2D eigenvalue weighted by molar-refractivity contribution is 5.67. The molecule has 0 aromatic heterocycles.